The van der Waals surface area contributed by atoms with Crippen LogP contribution >= 0.6 is 11.8 Å². The van der Waals surface area contributed by atoms with Crippen LogP contribution in [-0.4, -0.2) is 41.1 Å². The minimum atomic E-state index is -0.724. The third-order valence-corrected chi connectivity index (χ3v) is 4.19. The van der Waals surface area contributed by atoms with Gasteiger partial charge >= 0.3 is 5.97 Å². The fourth-order valence-electron chi connectivity index (χ4n) is 2.09. The Morgan fingerprint density at radius 2 is 2.09 bits per heavy atom. The van der Waals surface area contributed by atoms with Crippen molar-refractivity contribution in [3.63, 3.8) is 0 Å². The van der Waals surface area contributed by atoms with Crippen LogP contribution in [0.15, 0.2) is 41.4 Å². The van der Waals surface area contributed by atoms with Crippen LogP contribution in [0.3, 0.4) is 0 Å². The van der Waals surface area contributed by atoms with Gasteiger partial charge in [0.1, 0.15) is 6.04 Å². The highest BCUT2D eigenvalue weighted by molar-refractivity contribution is 8.04. The molecular weight excluding hydrogens is 316 g/mol. The van der Waals surface area contributed by atoms with Gasteiger partial charge < -0.3 is 10.1 Å². The molecule has 7 heteroatoms. The van der Waals surface area contributed by atoms with E-state index >= 15 is 0 Å². The van der Waals surface area contributed by atoms with E-state index in [9.17, 15) is 14.4 Å². The normalized spacial score (nSPS) is 17.2. The number of carbonyl (C=O) groups excluding carboxylic acids is 3. The first kappa shape index (κ1) is 17.1. The highest BCUT2D eigenvalue weighted by Gasteiger charge is 2.34. The summed E-state index contributed by atoms with van der Waals surface area (Å²) in [6.07, 6.45) is 1.26. The number of carbonyl (C=O) groups is 3. The van der Waals surface area contributed by atoms with E-state index in [1.807, 2.05) is 18.2 Å². The molecule has 1 aliphatic heterocycles. The number of esters is 1. The average Bonchev–Trinajstić information content (AvgIpc) is 2.88. The molecule has 0 aliphatic carbocycles. The van der Waals surface area contributed by atoms with Crippen LogP contribution in [0.4, 0.5) is 5.69 Å². The second-order valence-electron chi connectivity index (χ2n) is 4.82. The van der Waals surface area contributed by atoms with Gasteiger partial charge in [0.05, 0.1) is 23.5 Å². The molecule has 1 saturated heterocycles. The summed E-state index contributed by atoms with van der Waals surface area (Å²) in [6, 6.07) is 8.27. The lowest BCUT2D eigenvalue weighted by atomic mass is 10.2. The van der Waals surface area contributed by atoms with E-state index in [-0.39, 0.29) is 24.2 Å². The summed E-state index contributed by atoms with van der Waals surface area (Å²) in [7, 11) is 0. The Morgan fingerprint density at radius 3 is 2.74 bits per heavy atom. The van der Waals surface area contributed by atoms with Crippen molar-refractivity contribution in [3.05, 3.63) is 41.4 Å². The third-order valence-electron chi connectivity index (χ3n) is 3.19. The lowest BCUT2D eigenvalue weighted by molar-refractivity contribution is -0.137. The Labute approximate surface area is 138 Å². The zero-order valence-electron chi connectivity index (χ0n) is 12.9. The topological polar surface area (TPSA) is 75.7 Å². The van der Waals surface area contributed by atoms with Crippen molar-refractivity contribution in [3.8, 4) is 0 Å². The number of ether oxygens (including phenoxy) is 1. The van der Waals surface area contributed by atoms with E-state index < -0.39 is 12.0 Å². The molecule has 1 fully saturated rings. The lowest BCUT2D eigenvalue weighted by Gasteiger charge is -2.24. The number of thioether (sulfide) groups is 1. The molecular formula is C16H18N2O4S. The first-order chi connectivity index (χ1) is 11.0. The maximum absolute atomic E-state index is 12.3. The molecule has 1 atom stereocenters. The summed E-state index contributed by atoms with van der Waals surface area (Å²) in [6.45, 7) is 3.59. The van der Waals surface area contributed by atoms with E-state index in [0.29, 0.717) is 10.7 Å². The molecule has 6 nitrogen and oxygen atoms in total. The molecule has 0 spiro atoms. The lowest BCUT2D eigenvalue weighted by Crippen LogP contribution is -2.42. The number of hydrogen-bond donors (Lipinski definition) is 1. The SMILES string of the molecule is CCOC(=O)/C=C1\SCC(=O)N1C(C)C(=O)Nc1ccccc1. The maximum Gasteiger partial charge on any atom is 0.333 e. The Morgan fingerprint density at radius 1 is 1.39 bits per heavy atom. The summed E-state index contributed by atoms with van der Waals surface area (Å²) in [5, 5.41) is 3.19. The highest BCUT2D eigenvalue weighted by Crippen LogP contribution is 2.31. The van der Waals surface area contributed by atoms with Crippen LogP contribution in [-0.2, 0) is 19.1 Å². The molecule has 23 heavy (non-hydrogen) atoms. The van der Waals surface area contributed by atoms with Crippen molar-refractivity contribution >= 4 is 35.2 Å². The van der Waals surface area contributed by atoms with Gasteiger partial charge in [-0.2, -0.15) is 0 Å². The monoisotopic (exact) mass is 334 g/mol. The summed E-state index contributed by atoms with van der Waals surface area (Å²) in [4.78, 5) is 37.3. The van der Waals surface area contributed by atoms with Gasteiger partial charge in [-0.15, -0.1) is 0 Å². The second kappa shape index (κ2) is 7.82. The van der Waals surface area contributed by atoms with Crippen molar-refractivity contribution in [2.24, 2.45) is 0 Å². The largest absolute Gasteiger partial charge is 0.463 e. The van der Waals surface area contributed by atoms with E-state index in [0.717, 1.165) is 0 Å². The first-order valence-electron chi connectivity index (χ1n) is 7.22. The van der Waals surface area contributed by atoms with Crippen LogP contribution in [0.25, 0.3) is 0 Å². The standard InChI is InChI=1S/C16H18N2O4S/c1-3-22-15(20)9-14-18(13(19)10-23-14)11(2)16(21)17-12-7-5-4-6-8-12/h4-9,11H,3,10H2,1-2H3,(H,17,21)/b14-9-. The van der Waals surface area contributed by atoms with Gasteiger partial charge in [-0.1, -0.05) is 30.0 Å². The van der Waals surface area contributed by atoms with Crippen molar-refractivity contribution in [2.75, 3.05) is 17.7 Å². The predicted molar refractivity (Wildman–Crippen MR) is 88.6 cm³/mol. The summed E-state index contributed by atoms with van der Waals surface area (Å²) in [5.74, 6) is -0.845. The molecule has 1 aromatic carbocycles. The zero-order chi connectivity index (χ0) is 16.8. The van der Waals surface area contributed by atoms with E-state index in [1.165, 1.54) is 22.7 Å². The average molecular weight is 334 g/mol. The Hall–Kier alpha value is -2.28. The van der Waals surface area contributed by atoms with E-state index in [1.54, 1.807) is 26.0 Å². The molecule has 0 saturated carbocycles. The van der Waals surface area contributed by atoms with Gasteiger partial charge in [0, 0.05) is 5.69 Å². The number of anilines is 1. The van der Waals surface area contributed by atoms with Crippen molar-refractivity contribution in [1.82, 2.24) is 4.90 Å². The van der Waals surface area contributed by atoms with Crippen LogP contribution < -0.4 is 5.32 Å². The molecule has 122 valence electrons. The molecule has 2 rings (SSSR count). The van der Waals surface area contributed by atoms with E-state index in [2.05, 4.69) is 5.32 Å². The Balaban J connectivity index is 2.11. The van der Waals surface area contributed by atoms with Crippen molar-refractivity contribution < 1.29 is 19.1 Å². The Kier molecular flexibility index (Phi) is 5.81. The smallest absolute Gasteiger partial charge is 0.333 e. The van der Waals surface area contributed by atoms with Gasteiger partial charge in [0.25, 0.3) is 0 Å². The molecule has 1 unspecified atom stereocenters. The number of hydrogen-bond acceptors (Lipinski definition) is 5. The van der Waals surface area contributed by atoms with Crippen LogP contribution in [0.5, 0.6) is 0 Å². The summed E-state index contributed by atoms with van der Waals surface area (Å²) < 4.78 is 4.86. The summed E-state index contributed by atoms with van der Waals surface area (Å²) in [5.41, 5.74) is 0.652. The predicted octanol–water partition coefficient (Wildman–Crippen LogP) is 1.99. The number of nitrogens with zero attached hydrogens (tertiary/aromatic N) is 1. The number of amides is 2. The molecule has 0 aromatic heterocycles. The first-order valence-corrected chi connectivity index (χ1v) is 8.20. The van der Waals surface area contributed by atoms with Gasteiger partial charge in [0.15, 0.2) is 0 Å². The molecule has 1 aromatic rings. The Bertz CT molecular complexity index is 630. The highest BCUT2D eigenvalue weighted by atomic mass is 32.2. The molecule has 1 aliphatic rings. The van der Waals surface area contributed by atoms with Crippen LogP contribution in [0.1, 0.15) is 13.8 Å². The minimum Gasteiger partial charge on any atom is -0.463 e. The van der Waals surface area contributed by atoms with Gasteiger partial charge in [-0.05, 0) is 26.0 Å². The quantitative estimate of drug-likeness (QED) is 0.658. The fraction of sp³-hybridized carbons (Fsp3) is 0.312. The van der Waals surface area contributed by atoms with E-state index in [4.69, 9.17) is 4.74 Å². The van der Waals surface area contributed by atoms with Crippen LogP contribution in [0.2, 0.25) is 0 Å². The number of benzene rings is 1. The summed E-state index contributed by atoms with van der Waals surface area (Å²) >= 11 is 1.22. The van der Waals surface area contributed by atoms with Gasteiger partial charge in [-0.25, -0.2) is 4.79 Å². The van der Waals surface area contributed by atoms with Gasteiger partial charge in [-0.3, -0.25) is 14.5 Å². The molecule has 1 heterocycles. The molecule has 2 amide bonds. The third kappa shape index (κ3) is 4.35. The molecule has 0 bridgehead atoms. The second-order valence-corrected chi connectivity index (χ2v) is 5.81. The maximum atomic E-state index is 12.3. The molecule has 1 N–H and O–H groups in total. The van der Waals surface area contributed by atoms with Crippen LogP contribution in [0, 0.1) is 0 Å². The van der Waals surface area contributed by atoms with Gasteiger partial charge in [0.2, 0.25) is 11.8 Å². The number of nitrogens with one attached hydrogen (secondary N) is 1. The van der Waals surface area contributed by atoms with Crippen molar-refractivity contribution in [1.29, 1.82) is 0 Å². The zero-order valence-corrected chi connectivity index (χ0v) is 13.8. The number of rotatable bonds is 5. The number of para-hydroxylation sites is 1. The molecule has 0 radical (unpaired) electrons. The van der Waals surface area contributed by atoms with Crippen molar-refractivity contribution in [2.45, 2.75) is 19.9 Å². The minimum absolute atomic E-state index is 0.203. The fourth-order valence-corrected chi connectivity index (χ4v) is 3.07.